The van der Waals surface area contributed by atoms with Crippen LogP contribution in [0.1, 0.15) is 31.0 Å². The van der Waals surface area contributed by atoms with Crippen molar-refractivity contribution in [3.63, 3.8) is 0 Å². The van der Waals surface area contributed by atoms with Gasteiger partial charge in [-0.15, -0.1) is 0 Å². The van der Waals surface area contributed by atoms with E-state index in [0.29, 0.717) is 26.4 Å². The van der Waals surface area contributed by atoms with Crippen LogP contribution in [0.2, 0.25) is 0 Å². The molecule has 0 saturated carbocycles. The number of carbonyl (C=O) groups is 1. The largest absolute Gasteiger partial charge is 0.463 e. The Morgan fingerprint density at radius 3 is 2.42 bits per heavy atom. The summed E-state index contributed by atoms with van der Waals surface area (Å²) in [4.78, 5) is 31.8. The van der Waals surface area contributed by atoms with Crippen molar-refractivity contribution < 1.29 is 14.3 Å². The quantitative estimate of drug-likeness (QED) is 0.366. The van der Waals surface area contributed by atoms with Gasteiger partial charge >= 0.3 is 5.97 Å². The van der Waals surface area contributed by atoms with Crippen molar-refractivity contribution in [2.24, 2.45) is 4.99 Å². The van der Waals surface area contributed by atoms with Crippen molar-refractivity contribution in [2.45, 2.75) is 19.9 Å². The van der Waals surface area contributed by atoms with Crippen molar-refractivity contribution in [1.82, 2.24) is 4.57 Å². The molecule has 0 N–H and O–H groups in total. The van der Waals surface area contributed by atoms with E-state index in [0.717, 1.165) is 16.9 Å². The van der Waals surface area contributed by atoms with Gasteiger partial charge in [-0.3, -0.25) is 9.36 Å². The minimum Gasteiger partial charge on any atom is -0.463 e. The minimum absolute atomic E-state index is 0.212. The third-order valence-corrected chi connectivity index (χ3v) is 6.75. The van der Waals surface area contributed by atoms with Gasteiger partial charge in [0.25, 0.3) is 5.56 Å². The fourth-order valence-electron chi connectivity index (χ4n) is 4.19. The zero-order valence-electron chi connectivity index (χ0n) is 19.9. The molecule has 0 amide bonds. The third kappa shape index (κ3) is 4.65. The topological polar surface area (TPSA) is 69.9 Å². The van der Waals surface area contributed by atoms with E-state index in [1.807, 2.05) is 91.0 Å². The summed E-state index contributed by atoms with van der Waals surface area (Å²) in [7, 11) is 0. The van der Waals surface area contributed by atoms with E-state index in [4.69, 9.17) is 9.47 Å². The maximum absolute atomic E-state index is 13.7. The third-order valence-electron chi connectivity index (χ3n) is 5.77. The van der Waals surface area contributed by atoms with Gasteiger partial charge in [-0.25, -0.2) is 9.79 Å². The molecule has 6 nitrogen and oxygen atoms in total. The van der Waals surface area contributed by atoms with Crippen molar-refractivity contribution in [1.29, 1.82) is 0 Å². The summed E-state index contributed by atoms with van der Waals surface area (Å²) in [6.07, 6.45) is 1.83. The summed E-state index contributed by atoms with van der Waals surface area (Å²) in [6, 6.07) is 26.0. The lowest BCUT2D eigenvalue weighted by atomic mass is 9.96. The monoisotopic (exact) mass is 496 g/mol. The first-order valence-corrected chi connectivity index (χ1v) is 12.4. The second-order valence-electron chi connectivity index (χ2n) is 8.20. The molecule has 0 spiro atoms. The zero-order chi connectivity index (χ0) is 25.1. The van der Waals surface area contributed by atoms with Crippen LogP contribution in [-0.4, -0.2) is 17.1 Å². The number of hydrogen-bond acceptors (Lipinski definition) is 6. The lowest BCUT2D eigenvalue weighted by molar-refractivity contribution is -0.139. The molecule has 4 aromatic rings. The molecule has 0 aliphatic carbocycles. The van der Waals surface area contributed by atoms with Crippen LogP contribution in [0, 0.1) is 0 Å². The SMILES string of the molecule is CCOC(=O)C1=C(C)N=c2s/c(=C\c3cccc(Oc4ccccc4)c3)c(=O)n2C1c1ccccc1. The molecule has 2 heterocycles. The number of para-hydroxylation sites is 1. The molecular weight excluding hydrogens is 472 g/mol. The van der Waals surface area contributed by atoms with Gasteiger partial charge in [0.15, 0.2) is 4.80 Å². The Morgan fingerprint density at radius 2 is 1.69 bits per heavy atom. The molecule has 1 atom stereocenters. The molecule has 0 bridgehead atoms. The smallest absolute Gasteiger partial charge is 0.338 e. The average molecular weight is 497 g/mol. The Balaban J connectivity index is 1.60. The molecule has 7 heteroatoms. The lowest BCUT2D eigenvalue weighted by Gasteiger charge is -2.24. The first-order chi connectivity index (χ1) is 17.5. The minimum atomic E-state index is -0.614. The molecule has 1 unspecified atom stereocenters. The van der Waals surface area contributed by atoms with Crippen molar-refractivity contribution in [3.05, 3.63) is 127 Å². The van der Waals surface area contributed by atoms with E-state index in [1.54, 1.807) is 18.4 Å². The number of allylic oxidation sites excluding steroid dienone is 1. The van der Waals surface area contributed by atoms with E-state index in [1.165, 1.54) is 11.3 Å². The van der Waals surface area contributed by atoms with E-state index >= 15 is 0 Å². The number of thiazole rings is 1. The molecule has 0 saturated heterocycles. The number of nitrogens with zero attached hydrogens (tertiary/aromatic N) is 2. The van der Waals surface area contributed by atoms with Crippen LogP contribution in [0.3, 0.4) is 0 Å². The standard InChI is InChI=1S/C29H24N2O4S/c1-3-34-28(33)25-19(2)30-29-31(26(25)21-12-6-4-7-13-21)27(32)24(36-29)18-20-11-10-16-23(17-20)35-22-14-8-5-9-15-22/h4-18,26H,3H2,1-2H3/b24-18-. The van der Waals surface area contributed by atoms with Crippen molar-refractivity contribution >= 4 is 23.4 Å². The van der Waals surface area contributed by atoms with E-state index in [2.05, 4.69) is 4.99 Å². The molecule has 36 heavy (non-hydrogen) atoms. The summed E-state index contributed by atoms with van der Waals surface area (Å²) in [5.41, 5.74) is 2.36. The van der Waals surface area contributed by atoms with Crippen LogP contribution in [0.25, 0.3) is 6.08 Å². The molecular formula is C29H24N2O4S. The van der Waals surface area contributed by atoms with Crippen LogP contribution in [0.15, 0.2) is 106 Å². The van der Waals surface area contributed by atoms with Gasteiger partial charge in [0.2, 0.25) is 0 Å². The van der Waals surface area contributed by atoms with Crippen LogP contribution < -0.4 is 19.6 Å². The number of esters is 1. The molecule has 0 fully saturated rings. The van der Waals surface area contributed by atoms with Crippen molar-refractivity contribution in [3.8, 4) is 11.5 Å². The Labute approximate surface area is 212 Å². The van der Waals surface area contributed by atoms with Crippen LogP contribution in [0.5, 0.6) is 11.5 Å². The summed E-state index contributed by atoms with van der Waals surface area (Å²) >= 11 is 1.30. The second kappa shape index (κ2) is 10.2. The number of aromatic nitrogens is 1. The molecule has 5 rings (SSSR count). The highest BCUT2D eigenvalue weighted by Gasteiger charge is 2.33. The predicted octanol–water partition coefficient (Wildman–Crippen LogP) is 4.59. The second-order valence-corrected chi connectivity index (χ2v) is 9.21. The van der Waals surface area contributed by atoms with Crippen LogP contribution >= 0.6 is 11.3 Å². The first kappa shape index (κ1) is 23.5. The Kier molecular flexibility index (Phi) is 6.64. The number of ether oxygens (including phenoxy) is 2. The first-order valence-electron chi connectivity index (χ1n) is 11.6. The maximum Gasteiger partial charge on any atom is 0.338 e. The highest BCUT2D eigenvalue weighted by atomic mass is 32.1. The highest BCUT2D eigenvalue weighted by Crippen LogP contribution is 2.30. The van der Waals surface area contributed by atoms with Gasteiger partial charge in [-0.1, -0.05) is 72.0 Å². The van der Waals surface area contributed by atoms with Crippen molar-refractivity contribution in [2.75, 3.05) is 6.61 Å². The molecule has 180 valence electrons. The number of rotatable bonds is 6. The number of benzene rings is 3. The lowest BCUT2D eigenvalue weighted by Crippen LogP contribution is -2.39. The Morgan fingerprint density at radius 1 is 1.00 bits per heavy atom. The fraction of sp³-hybridized carbons (Fsp3) is 0.138. The van der Waals surface area contributed by atoms with Gasteiger partial charge in [0, 0.05) is 0 Å². The highest BCUT2D eigenvalue weighted by molar-refractivity contribution is 7.07. The number of hydrogen-bond donors (Lipinski definition) is 0. The summed E-state index contributed by atoms with van der Waals surface area (Å²) < 4.78 is 13.4. The molecule has 3 aromatic carbocycles. The summed E-state index contributed by atoms with van der Waals surface area (Å²) in [6.45, 7) is 3.78. The molecule has 1 aromatic heterocycles. The van der Waals surface area contributed by atoms with Gasteiger partial charge in [-0.05, 0) is 55.3 Å². The Bertz CT molecular complexity index is 1620. The van der Waals surface area contributed by atoms with Gasteiger partial charge in [0.05, 0.1) is 28.5 Å². The van der Waals surface area contributed by atoms with Gasteiger partial charge < -0.3 is 9.47 Å². The van der Waals surface area contributed by atoms with Crippen LogP contribution in [-0.2, 0) is 9.53 Å². The Hall–Kier alpha value is -4.23. The predicted molar refractivity (Wildman–Crippen MR) is 140 cm³/mol. The molecule has 1 aliphatic rings. The zero-order valence-corrected chi connectivity index (χ0v) is 20.7. The molecule has 0 radical (unpaired) electrons. The summed E-state index contributed by atoms with van der Waals surface area (Å²) in [5.74, 6) is 0.942. The molecule has 1 aliphatic heterocycles. The van der Waals surface area contributed by atoms with Gasteiger partial charge in [-0.2, -0.15) is 0 Å². The number of fused-ring (bicyclic) bond motifs is 1. The summed E-state index contributed by atoms with van der Waals surface area (Å²) in [5, 5.41) is 0. The van der Waals surface area contributed by atoms with E-state index < -0.39 is 12.0 Å². The van der Waals surface area contributed by atoms with E-state index in [-0.39, 0.29) is 12.2 Å². The maximum atomic E-state index is 13.7. The van der Waals surface area contributed by atoms with Gasteiger partial charge in [0.1, 0.15) is 11.5 Å². The van der Waals surface area contributed by atoms with E-state index in [9.17, 15) is 9.59 Å². The average Bonchev–Trinajstić information content (AvgIpc) is 3.19. The fourth-order valence-corrected chi connectivity index (χ4v) is 5.23. The normalized spacial score (nSPS) is 15.3. The number of carbonyl (C=O) groups excluding carboxylic acids is 1. The van der Waals surface area contributed by atoms with Crippen LogP contribution in [0.4, 0.5) is 0 Å².